The predicted molar refractivity (Wildman–Crippen MR) is 63.3 cm³/mol. The van der Waals surface area contributed by atoms with Crippen molar-refractivity contribution in [2.45, 2.75) is 19.6 Å². The van der Waals surface area contributed by atoms with Gasteiger partial charge >= 0.3 is 0 Å². The molecule has 1 aromatic carbocycles. The molecule has 1 rings (SSSR count). The highest BCUT2D eigenvalue weighted by Gasteiger charge is 2.05. The minimum atomic E-state index is -0.212. The van der Waals surface area contributed by atoms with Crippen molar-refractivity contribution in [3.05, 3.63) is 42.2 Å². The molecule has 0 unspecified atom stereocenters. The standard InChI is InChI=1S/C13H18O3/c1-11(9-13(14-2)15-3)10-16-12-7-5-4-6-8-12/h4-8,10,13H,9H2,1-3H3/b11-10-. The average Bonchev–Trinajstić information content (AvgIpc) is 2.34. The minimum Gasteiger partial charge on any atom is -0.465 e. The Bertz CT molecular complexity index is 315. The van der Waals surface area contributed by atoms with Gasteiger partial charge < -0.3 is 14.2 Å². The van der Waals surface area contributed by atoms with Gasteiger partial charge in [-0.25, -0.2) is 0 Å². The van der Waals surface area contributed by atoms with Crippen molar-refractivity contribution in [1.29, 1.82) is 0 Å². The number of hydrogen-bond acceptors (Lipinski definition) is 3. The van der Waals surface area contributed by atoms with Crippen LogP contribution in [0.4, 0.5) is 0 Å². The molecule has 0 saturated carbocycles. The number of hydrogen-bond donors (Lipinski definition) is 0. The second-order valence-corrected chi connectivity index (χ2v) is 3.50. The first-order valence-electron chi connectivity index (χ1n) is 5.19. The van der Waals surface area contributed by atoms with E-state index >= 15 is 0 Å². The third-order valence-electron chi connectivity index (χ3n) is 2.15. The molecule has 0 spiro atoms. The topological polar surface area (TPSA) is 27.7 Å². The van der Waals surface area contributed by atoms with E-state index in [1.807, 2.05) is 37.3 Å². The molecular weight excluding hydrogens is 204 g/mol. The van der Waals surface area contributed by atoms with Crippen LogP contribution in [-0.4, -0.2) is 20.5 Å². The van der Waals surface area contributed by atoms with Gasteiger partial charge in [-0.15, -0.1) is 0 Å². The molecule has 3 heteroatoms. The number of para-hydroxylation sites is 1. The molecule has 0 saturated heterocycles. The van der Waals surface area contributed by atoms with Gasteiger partial charge in [0.25, 0.3) is 0 Å². The quantitative estimate of drug-likeness (QED) is 0.547. The zero-order chi connectivity index (χ0) is 11.8. The zero-order valence-corrected chi connectivity index (χ0v) is 9.97. The van der Waals surface area contributed by atoms with Crippen LogP contribution in [0.3, 0.4) is 0 Å². The second kappa shape index (κ2) is 7.04. The molecule has 0 aliphatic rings. The van der Waals surface area contributed by atoms with Crippen molar-refractivity contribution in [2.24, 2.45) is 0 Å². The molecule has 0 aliphatic carbocycles. The van der Waals surface area contributed by atoms with Gasteiger partial charge in [-0.1, -0.05) is 18.2 Å². The van der Waals surface area contributed by atoms with Crippen LogP contribution >= 0.6 is 0 Å². The Labute approximate surface area is 96.6 Å². The first-order chi connectivity index (χ1) is 7.76. The van der Waals surface area contributed by atoms with Gasteiger partial charge in [-0.05, 0) is 24.6 Å². The van der Waals surface area contributed by atoms with Gasteiger partial charge in [0.2, 0.25) is 0 Å². The smallest absolute Gasteiger partial charge is 0.160 e. The van der Waals surface area contributed by atoms with Crippen molar-refractivity contribution in [3.63, 3.8) is 0 Å². The SMILES string of the molecule is COC(C/C(C)=C\Oc1ccccc1)OC. The molecule has 0 heterocycles. The summed E-state index contributed by atoms with van der Waals surface area (Å²) < 4.78 is 15.7. The van der Waals surface area contributed by atoms with Crippen molar-refractivity contribution in [2.75, 3.05) is 14.2 Å². The number of benzene rings is 1. The van der Waals surface area contributed by atoms with Crippen LogP contribution in [0.15, 0.2) is 42.2 Å². The van der Waals surface area contributed by atoms with Gasteiger partial charge in [-0.2, -0.15) is 0 Å². The summed E-state index contributed by atoms with van der Waals surface area (Å²) in [6.07, 6.45) is 2.20. The van der Waals surface area contributed by atoms with E-state index in [1.165, 1.54) is 0 Å². The molecule has 0 aromatic heterocycles. The van der Waals surface area contributed by atoms with E-state index in [-0.39, 0.29) is 6.29 Å². The lowest BCUT2D eigenvalue weighted by Gasteiger charge is -2.13. The predicted octanol–water partition coefficient (Wildman–Crippen LogP) is 2.98. The molecule has 16 heavy (non-hydrogen) atoms. The summed E-state index contributed by atoms with van der Waals surface area (Å²) in [5.41, 5.74) is 1.07. The summed E-state index contributed by atoms with van der Waals surface area (Å²) in [6, 6.07) is 9.65. The van der Waals surface area contributed by atoms with Gasteiger partial charge in [0, 0.05) is 20.6 Å². The fourth-order valence-corrected chi connectivity index (χ4v) is 1.24. The summed E-state index contributed by atoms with van der Waals surface area (Å²) in [5, 5.41) is 0. The molecular formula is C13H18O3. The van der Waals surface area contributed by atoms with Crippen LogP contribution in [0.25, 0.3) is 0 Å². The second-order valence-electron chi connectivity index (χ2n) is 3.50. The Morgan fingerprint density at radius 1 is 1.19 bits per heavy atom. The third-order valence-corrected chi connectivity index (χ3v) is 2.15. The molecule has 0 bridgehead atoms. The van der Waals surface area contributed by atoms with E-state index in [0.717, 1.165) is 11.3 Å². The molecule has 0 radical (unpaired) electrons. The monoisotopic (exact) mass is 222 g/mol. The van der Waals surface area contributed by atoms with E-state index in [1.54, 1.807) is 20.5 Å². The molecule has 3 nitrogen and oxygen atoms in total. The maximum atomic E-state index is 5.48. The largest absolute Gasteiger partial charge is 0.465 e. The van der Waals surface area contributed by atoms with Crippen molar-refractivity contribution < 1.29 is 14.2 Å². The number of ether oxygens (including phenoxy) is 3. The molecule has 88 valence electrons. The van der Waals surface area contributed by atoms with Crippen LogP contribution in [-0.2, 0) is 9.47 Å². The number of methoxy groups -OCH3 is 2. The van der Waals surface area contributed by atoms with Crippen LogP contribution in [0, 0.1) is 0 Å². The summed E-state index contributed by atoms with van der Waals surface area (Å²) in [6.45, 7) is 1.98. The lowest BCUT2D eigenvalue weighted by atomic mass is 10.2. The van der Waals surface area contributed by atoms with Gasteiger partial charge in [0.1, 0.15) is 5.75 Å². The average molecular weight is 222 g/mol. The molecule has 0 atom stereocenters. The lowest BCUT2D eigenvalue weighted by molar-refractivity contribution is -0.100. The normalized spacial score (nSPS) is 11.9. The number of rotatable bonds is 6. The summed E-state index contributed by atoms with van der Waals surface area (Å²) in [7, 11) is 3.25. The summed E-state index contributed by atoms with van der Waals surface area (Å²) >= 11 is 0. The summed E-state index contributed by atoms with van der Waals surface area (Å²) in [4.78, 5) is 0. The maximum absolute atomic E-state index is 5.48. The van der Waals surface area contributed by atoms with E-state index < -0.39 is 0 Å². The Morgan fingerprint density at radius 2 is 1.81 bits per heavy atom. The van der Waals surface area contributed by atoms with Gasteiger partial charge in [0.15, 0.2) is 6.29 Å². The van der Waals surface area contributed by atoms with E-state index in [4.69, 9.17) is 14.2 Å². The minimum absolute atomic E-state index is 0.212. The molecule has 1 aromatic rings. The van der Waals surface area contributed by atoms with Crippen LogP contribution in [0.5, 0.6) is 5.75 Å². The summed E-state index contributed by atoms with van der Waals surface area (Å²) in [5.74, 6) is 0.827. The fraction of sp³-hybridized carbons (Fsp3) is 0.385. The van der Waals surface area contributed by atoms with E-state index in [2.05, 4.69) is 0 Å². The highest BCUT2D eigenvalue weighted by molar-refractivity contribution is 5.22. The molecule has 0 N–H and O–H groups in total. The van der Waals surface area contributed by atoms with Crippen molar-refractivity contribution in [3.8, 4) is 5.75 Å². The van der Waals surface area contributed by atoms with Gasteiger partial charge in [-0.3, -0.25) is 0 Å². The third kappa shape index (κ3) is 4.47. The Balaban J connectivity index is 2.45. The molecule has 0 fully saturated rings. The molecule has 0 aliphatic heterocycles. The highest BCUT2D eigenvalue weighted by atomic mass is 16.7. The van der Waals surface area contributed by atoms with E-state index in [9.17, 15) is 0 Å². The van der Waals surface area contributed by atoms with Crippen molar-refractivity contribution >= 4 is 0 Å². The first kappa shape index (κ1) is 12.7. The van der Waals surface area contributed by atoms with Crippen LogP contribution in [0.1, 0.15) is 13.3 Å². The van der Waals surface area contributed by atoms with Crippen molar-refractivity contribution in [1.82, 2.24) is 0 Å². The fourth-order valence-electron chi connectivity index (χ4n) is 1.24. The Morgan fingerprint density at radius 3 is 2.38 bits per heavy atom. The Kier molecular flexibility index (Phi) is 5.61. The Hall–Kier alpha value is -1.32. The highest BCUT2D eigenvalue weighted by Crippen LogP contribution is 2.12. The molecule has 0 amide bonds. The van der Waals surface area contributed by atoms with Crippen LogP contribution in [0.2, 0.25) is 0 Å². The van der Waals surface area contributed by atoms with Gasteiger partial charge in [0.05, 0.1) is 6.26 Å². The zero-order valence-electron chi connectivity index (χ0n) is 9.97. The first-order valence-corrected chi connectivity index (χ1v) is 5.19. The maximum Gasteiger partial charge on any atom is 0.160 e. The van der Waals surface area contributed by atoms with Crippen LogP contribution < -0.4 is 4.74 Å². The van der Waals surface area contributed by atoms with E-state index in [0.29, 0.717) is 6.42 Å². The lowest BCUT2D eigenvalue weighted by Crippen LogP contribution is -2.13.